The Morgan fingerprint density at radius 1 is 0.958 bits per heavy atom. The van der Waals surface area contributed by atoms with E-state index in [1.54, 1.807) is 0 Å². The zero-order valence-electron chi connectivity index (χ0n) is 13.9. The summed E-state index contributed by atoms with van der Waals surface area (Å²) in [5, 5.41) is 6.37. The van der Waals surface area contributed by atoms with E-state index >= 15 is 0 Å². The summed E-state index contributed by atoms with van der Waals surface area (Å²) in [5.74, 6) is -0.0227. The fraction of sp³-hybridized carbons (Fsp3) is 0.286. The molecule has 0 bridgehead atoms. The van der Waals surface area contributed by atoms with Crippen molar-refractivity contribution in [3.63, 3.8) is 0 Å². The van der Waals surface area contributed by atoms with Crippen molar-refractivity contribution in [1.29, 1.82) is 0 Å². The Morgan fingerprint density at radius 3 is 2.54 bits per heavy atom. The Balaban J connectivity index is 1.61. The Hall–Kier alpha value is -2.55. The van der Waals surface area contributed by atoms with Gasteiger partial charge in [0.2, 0.25) is 0 Å². The maximum atomic E-state index is 12.5. The number of para-hydroxylation sites is 2. The van der Waals surface area contributed by atoms with Crippen molar-refractivity contribution >= 4 is 17.3 Å². The summed E-state index contributed by atoms with van der Waals surface area (Å²) in [7, 11) is 0. The van der Waals surface area contributed by atoms with E-state index in [1.165, 1.54) is 31.3 Å². The lowest BCUT2D eigenvalue weighted by atomic mass is 9.97. The molecule has 2 N–H and O–H groups in total. The molecule has 1 aliphatic carbocycles. The van der Waals surface area contributed by atoms with Gasteiger partial charge in [-0.3, -0.25) is 4.79 Å². The molecule has 0 atom stereocenters. The lowest BCUT2D eigenvalue weighted by Gasteiger charge is -2.14. The van der Waals surface area contributed by atoms with Gasteiger partial charge in [0.25, 0.3) is 5.91 Å². The van der Waals surface area contributed by atoms with Gasteiger partial charge in [0, 0.05) is 12.2 Å². The second-order valence-corrected chi connectivity index (χ2v) is 6.15. The number of nitrogens with one attached hydrogen (secondary N) is 2. The number of amides is 1. The van der Waals surface area contributed by atoms with Crippen molar-refractivity contribution < 1.29 is 4.79 Å². The molecule has 0 radical (unpaired) electrons. The second-order valence-electron chi connectivity index (χ2n) is 6.15. The molecule has 0 unspecified atom stereocenters. The summed E-state index contributed by atoms with van der Waals surface area (Å²) < 4.78 is 0. The monoisotopic (exact) mass is 320 g/mol. The molecular formula is C21H24N2O. The van der Waals surface area contributed by atoms with Crippen molar-refractivity contribution in [1.82, 2.24) is 5.32 Å². The third-order valence-corrected chi connectivity index (χ3v) is 4.34. The fourth-order valence-corrected chi connectivity index (χ4v) is 3.03. The molecule has 0 aromatic heterocycles. The molecule has 0 saturated heterocycles. The Labute approximate surface area is 143 Å². The number of hydrogen-bond acceptors (Lipinski definition) is 2. The molecular weight excluding hydrogens is 296 g/mol. The summed E-state index contributed by atoms with van der Waals surface area (Å²) in [6.07, 6.45) is 8.24. The molecule has 2 aromatic carbocycles. The topological polar surface area (TPSA) is 41.1 Å². The van der Waals surface area contributed by atoms with E-state index in [2.05, 4.69) is 16.7 Å². The SMILES string of the molecule is O=C(NCCC1=CCCCC1)c1ccccc1Nc1ccccc1. The Kier molecular flexibility index (Phi) is 5.67. The number of hydrogen-bond donors (Lipinski definition) is 2. The van der Waals surface area contributed by atoms with E-state index in [9.17, 15) is 4.79 Å². The predicted octanol–water partition coefficient (Wildman–Crippen LogP) is 5.05. The van der Waals surface area contributed by atoms with Gasteiger partial charge in [-0.2, -0.15) is 0 Å². The van der Waals surface area contributed by atoms with Gasteiger partial charge in [-0.1, -0.05) is 42.0 Å². The number of allylic oxidation sites excluding steroid dienone is 1. The smallest absolute Gasteiger partial charge is 0.253 e. The maximum Gasteiger partial charge on any atom is 0.253 e. The van der Waals surface area contributed by atoms with Crippen molar-refractivity contribution in [3.05, 3.63) is 71.8 Å². The summed E-state index contributed by atoms with van der Waals surface area (Å²) >= 11 is 0. The fourth-order valence-electron chi connectivity index (χ4n) is 3.03. The van der Waals surface area contributed by atoms with E-state index in [4.69, 9.17) is 0 Å². The van der Waals surface area contributed by atoms with Crippen LogP contribution >= 0.6 is 0 Å². The van der Waals surface area contributed by atoms with Crippen LogP contribution < -0.4 is 10.6 Å². The second kappa shape index (κ2) is 8.34. The van der Waals surface area contributed by atoms with Crippen LogP contribution in [0, 0.1) is 0 Å². The van der Waals surface area contributed by atoms with Crippen LogP contribution in [0.25, 0.3) is 0 Å². The lowest BCUT2D eigenvalue weighted by molar-refractivity contribution is 0.0955. The predicted molar refractivity (Wildman–Crippen MR) is 99.7 cm³/mol. The average molecular weight is 320 g/mol. The number of benzene rings is 2. The molecule has 0 heterocycles. The van der Waals surface area contributed by atoms with Gasteiger partial charge in [-0.15, -0.1) is 0 Å². The molecule has 3 heteroatoms. The average Bonchev–Trinajstić information content (AvgIpc) is 2.64. The Morgan fingerprint density at radius 2 is 1.75 bits per heavy atom. The van der Waals surface area contributed by atoms with Gasteiger partial charge in [0.15, 0.2) is 0 Å². The zero-order valence-corrected chi connectivity index (χ0v) is 13.9. The molecule has 0 aliphatic heterocycles. The highest BCUT2D eigenvalue weighted by atomic mass is 16.1. The highest BCUT2D eigenvalue weighted by molar-refractivity contribution is 6.00. The third-order valence-electron chi connectivity index (χ3n) is 4.34. The minimum absolute atomic E-state index is 0.0227. The number of rotatable bonds is 6. The van der Waals surface area contributed by atoms with Crippen LogP contribution in [-0.4, -0.2) is 12.5 Å². The molecule has 24 heavy (non-hydrogen) atoms. The highest BCUT2D eigenvalue weighted by Crippen LogP contribution is 2.21. The van der Waals surface area contributed by atoms with E-state index in [0.29, 0.717) is 12.1 Å². The number of carbonyl (C=O) groups excluding carboxylic acids is 1. The van der Waals surface area contributed by atoms with Crippen LogP contribution in [0.3, 0.4) is 0 Å². The highest BCUT2D eigenvalue weighted by Gasteiger charge is 2.11. The minimum atomic E-state index is -0.0227. The summed E-state index contributed by atoms with van der Waals surface area (Å²) in [4.78, 5) is 12.5. The van der Waals surface area contributed by atoms with Crippen LogP contribution in [0.2, 0.25) is 0 Å². The molecule has 3 rings (SSSR count). The maximum absolute atomic E-state index is 12.5. The molecule has 2 aromatic rings. The first-order valence-corrected chi connectivity index (χ1v) is 8.70. The van der Waals surface area contributed by atoms with E-state index in [-0.39, 0.29) is 5.91 Å². The molecule has 3 nitrogen and oxygen atoms in total. The van der Waals surface area contributed by atoms with Crippen molar-refractivity contribution in [2.24, 2.45) is 0 Å². The molecule has 1 amide bonds. The van der Waals surface area contributed by atoms with Crippen LogP contribution in [0.4, 0.5) is 11.4 Å². The number of carbonyl (C=O) groups is 1. The normalized spacial score (nSPS) is 13.9. The van der Waals surface area contributed by atoms with Crippen LogP contribution in [0.15, 0.2) is 66.2 Å². The molecule has 124 valence electrons. The van der Waals surface area contributed by atoms with Gasteiger partial charge in [0.05, 0.1) is 11.3 Å². The van der Waals surface area contributed by atoms with Gasteiger partial charge in [-0.05, 0) is 56.4 Å². The van der Waals surface area contributed by atoms with Crippen molar-refractivity contribution in [3.8, 4) is 0 Å². The van der Waals surface area contributed by atoms with Crippen molar-refractivity contribution in [2.45, 2.75) is 32.1 Å². The molecule has 0 fully saturated rings. The van der Waals surface area contributed by atoms with E-state index < -0.39 is 0 Å². The van der Waals surface area contributed by atoms with E-state index in [1.807, 2.05) is 54.6 Å². The molecule has 1 aliphatic rings. The van der Waals surface area contributed by atoms with Crippen LogP contribution in [0.5, 0.6) is 0 Å². The van der Waals surface area contributed by atoms with E-state index in [0.717, 1.165) is 17.8 Å². The largest absolute Gasteiger partial charge is 0.355 e. The first kappa shape index (κ1) is 16.3. The third kappa shape index (κ3) is 4.48. The molecule has 0 saturated carbocycles. The molecule has 0 spiro atoms. The van der Waals surface area contributed by atoms with Crippen molar-refractivity contribution in [2.75, 3.05) is 11.9 Å². The summed E-state index contributed by atoms with van der Waals surface area (Å²) in [5.41, 5.74) is 3.97. The van der Waals surface area contributed by atoms with Gasteiger partial charge in [0.1, 0.15) is 0 Å². The Bertz CT molecular complexity index is 707. The van der Waals surface area contributed by atoms with Gasteiger partial charge >= 0.3 is 0 Å². The van der Waals surface area contributed by atoms with Crippen LogP contribution in [0.1, 0.15) is 42.5 Å². The van der Waals surface area contributed by atoms with Gasteiger partial charge in [-0.25, -0.2) is 0 Å². The number of anilines is 2. The van der Waals surface area contributed by atoms with Crippen LogP contribution in [-0.2, 0) is 0 Å². The lowest BCUT2D eigenvalue weighted by Crippen LogP contribution is -2.25. The standard InChI is InChI=1S/C21H24N2O/c24-21(22-16-15-17-9-3-1-4-10-17)19-13-7-8-14-20(19)23-18-11-5-2-6-12-18/h2,5-9,11-14,23H,1,3-4,10,15-16H2,(H,22,24). The summed E-state index contributed by atoms with van der Waals surface area (Å²) in [6.45, 7) is 0.699. The first-order valence-electron chi connectivity index (χ1n) is 8.70. The zero-order chi connectivity index (χ0) is 16.6. The van der Waals surface area contributed by atoms with Gasteiger partial charge < -0.3 is 10.6 Å². The first-order chi connectivity index (χ1) is 11.8. The minimum Gasteiger partial charge on any atom is -0.355 e. The summed E-state index contributed by atoms with van der Waals surface area (Å²) in [6, 6.07) is 17.5. The quantitative estimate of drug-likeness (QED) is 0.731.